The topological polar surface area (TPSA) is 27.7 Å². The summed E-state index contributed by atoms with van der Waals surface area (Å²) in [5.41, 5.74) is 3.88. The third-order valence-corrected chi connectivity index (χ3v) is 5.54. The molecule has 0 spiro atoms. The van der Waals surface area contributed by atoms with E-state index in [1.807, 2.05) is 0 Å². The lowest BCUT2D eigenvalue weighted by Gasteiger charge is -2.22. The lowest BCUT2D eigenvalue weighted by Crippen LogP contribution is -2.25. The fraction of sp³-hybridized carbons (Fsp3) is 0.455. The molecule has 0 bridgehead atoms. The van der Waals surface area contributed by atoms with Gasteiger partial charge in [0.1, 0.15) is 18.0 Å². The molecule has 3 rings (SSSR count). The highest BCUT2D eigenvalue weighted by molar-refractivity contribution is 9.10. The Morgan fingerprint density at radius 1 is 1.19 bits per heavy atom. The van der Waals surface area contributed by atoms with E-state index in [-0.39, 0.29) is 11.4 Å². The zero-order valence-corrected chi connectivity index (χ0v) is 18.1. The number of benzene rings is 2. The Hall–Kier alpha value is -1.59. The van der Waals surface area contributed by atoms with Crippen LogP contribution in [0.4, 0.5) is 4.39 Å². The van der Waals surface area contributed by atoms with E-state index >= 15 is 0 Å². The van der Waals surface area contributed by atoms with Crippen LogP contribution >= 0.6 is 15.9 Å². The highest BCUT2D eigenvalue weighted by Crippen LogP contribution is 2.54. The first-order chi connectivity index (χ1) is 12.7. The van der Waals surface area contributed by atoms with Crippen LogP contribution in [0.2, 0.25) is 0 Å². The summed E-state index contributed by atoms with van der Waals surface area (Å²) in [6.07, 6.45) is 0.818. The van der Waals surface area contributed by atoms with Gasteiger partial charge in [-0.25, -0.2) is 4.39 Å². The van der Waals surface area contributed by atoms with E-state index in [4.69, 9.17) is 14.2 Å². The minimum atomic E-state index is -0.299. The summed E-state index contributed by atoms with van der Waals surface area (Å²) in [5.74, 6) is 1.52. The average molecular weight is 437 g/mol. The van der Waals surface area contributed by atoms with Crippen molar-refractivity contribution >= 4 is 15.9 Å². The van der Waals surface area contributed by atoms with Gasteiger partial charge in [0, 0.05) is 29.1 Å². The van der Waals surface area contributed by atoms with Crippen LogP contribution in [0, 0.1) is 5.82 Å². The molecule has 146 valence electrons. The lowest BCUT2D eigenvalue weighted by molar-refractivity contribution is 0.122. The zero-order chi connectivity index (χ0) is 19.8. The van der Waals surface area contributed by atoms with Crippen LogP contribution in [0.1, 0.15) is 44.7 Å². The smallest absolute Gasteiger partial charge is 0.170 e. The maximum atomic E-state index is 13.5. The molecule has 0 fully saturated rings. The molecule has 0 aromatic heterocycles. The Balaban J connectivity index is 2.26. The van der Waals surface area contributed by atoms with Crippen LogP contribution in [-0.4, -0.2) is 25.9 Å². The van der Waals surface area contributed by atoms with Crippen molar-refractivity contribution in [3.63, 3.8) is 0 Å². The molecule has 0 aliphatic carbocycles. The minimum absolute atomic E-state index is 0.264. The van der Waals surface area contributed by atoms with E-state index < -0.39 is 0 Å². The van der Waals surface area contributed by atoms with Crippen LogP contribution in [-0.2, 0) is 11.2 Å². The molecule has 0 amide bonds. The van der Waals surface area contributed by atoms with Gasteiger partial charge in [-0.2, -0.15) is 0 Å². The van der Waals surface area contributed by atoms with Crippen molar-refractivity contribution in [1.82, 2.24) is 0 Å². The van der Waals surface area contributed by atoms with Crippen LogP contribution < -0.4 is 9.47 Å². The Morgan fingerprint density at radius 2 is 1.85 bits per heavy atom. The Kier molecular flexibility index (Phi) is 5.82. The van der Waals surface area contributed by atoms with Gasteiger partial charge in [0.15, 0.2) is 11.5 Å². The first-order valence-corrected chi connectivity index (χ1v) is 9.99. The van der Waals surface area contributed by atoms with Gasteiger partial charge in [-0.15, -0.1) is 0 Å². The molecule has 1 aliphatic rings. The third kappa shape index (κ3) is 3.99. The molecule has 0 saturated carbocycles. The largest absolute Gasteiger partial charge is 0.487 e. The molecular weight excluding hydrogens is 411 g/mol. The summed E-state index contributed by atoms with van der Waals surface area (Å²) >= 11 is 3.83. The predicted octanol–water partition coefficient (Wildman–Crippen LogP) is 6.12. The van der Waals surface area contributed by atoms with Crippen molar-refractivity contribution in [2.75, 3.05) is 20.3 Å². The normalized spacial score (nSPS) is 15.0. The average Bonchev–Trinajstić information content (AvgIpc) is 2.90. The molecule has 0 atom stereocenters. The predicted molar refractivity (Wildman–Crippen MR) is 109 cm³/mol. The van der Waals surface area contributed by atoms with E-state index in [9.17, 15) is 4.39 Å². The number of fused-ring (bicyclic) bond motifs is 1. The molecule has 1 heterocycles. The van der Waals surface area contributed by atoms with E-state index in [0.717, 1.165) is 27.8 Å². The van der Waals surface area contributed by atoms with Crippen LogP contribution in [0.25, 0.3) is 11.1 Å². The van der Waals surface area contributed by atoms with Crippen molar-refractivity contribution in [3.8, 4) is 22.6 Å². The summed E-state index contributed by atoms with van der Waals surface area (Å²) in [5, 5.41) is 0. The van der Waals surface area contributed by atoms with Gasteiger partial charge in [0.25, 0.3) is 0 Å². The highest BCUT2D eigenvalue weighted by Gasteiger charge is 2.38. The number of methoxy groups -OCH3 is 1. The van der Waals surface area contributed by atoms with E-state index in [2.05, 4.69) is 43.6 Å². The second-order valence-electron chi connectivity index (χ2n) is 7.78. The molecule has 3 nitrogen and oxygen atoms in total. The molecule has 0 saturated heterocycles. The van der Waals surface area contributed by atoms with E-state index in [1.54, 1.807) is 19.2 Å². The second kappa shape index (κ2) is 7.80. The molecule has 27 heavy (non-hydrogen) atoms. The summed E-state index contributed by atoms with van der Waals surface area (Å²) in [6, 6.07) is 6.48. The second-order valence-corrected chi connectivity index (χ2v) is 8.57. The van der Waals surface area contributed by atoms with Crippen LogP contribution in [0.5, 0.6) is 11.5 Å². The maximum absolute atomic E-state index is 13.5. The molecule has 5 heteroatoms. The summed E-state index contributed by atoms with van der Waals surface area (Å²) < 4.78 is 32.1. The molecule has 0 radical (unpaired) electrons. The Morgan fingerprint density at radius 3 is 2.44 bits per heavy atom. The summed E-state index contributed by atoms with van der Waals surface area (Å²) in [6.45, 7) is 9.40. The van der Waals surface area contributed by atoms with Gasteiger partial charge < -0.3 is 14.2 Å². The first kappa shape index (κ1) is 20.2. The third-order valence-electron chi connectivity index (χ3n) is 4.71. The molecule has 1 aliphatic heterocycles. The Bertz CT molecular complexity index is 829. The summed E-state index contributed by atoms with van der Waals surface area (Å²) in [4.78, 5) is 0. The zero-order valence-electron chi connectivity index (χ0n) is 16.5. The molecule has 0 unspecified atom stereocenters. The maximum Gasteiger partial charge on any atom is 0.170 e. The number of hydrogen-bond donors (Lipinski definition) is 0. The highest BCUT2D eigenvalue weighted by atomic mass is 79.9. The lowest BCUT2D eigenvalue weighted by atomic mass is 9.88. The SMILES string of the molecule is COCCOc1c2c(c(C(C)C)c(Br)c1-c1ccc(F)cc1)CC(C)(C)O2. The van der Waals surface area contributed by atoms with Crippen molar-refractivity contribution in [1.29, 1.82) is 0 Å². The summed E-state index contributed by atoms with van der Waals surface area (Å²) in [7, 11) is 1.64. The monoisotopic (exact) mass is 436 g/mol. The molecular formula is C22H26BrFO3. The fourth-order valence-electron chi connectivity index (χ4n) is 3.60. The van der Waals surface area contributed by atoms with Gasteiger partial charge >= 0.3 is 0 Å². The molecule has 2 aromatic carbocycles. The Labute approximate surface area is 169 Å². The van der Waals surface area contributed by atoms with E-state index in [1.165, 1.54) is 23.3 Å². The van der Waals surface area contributed by atoms with Gasteiger partial charge in [-0.05, 0) is 59.0 Å². The first-order valence-electron chi connectivity index (χ1n) is 9.20. The number of halogens is 2. The van der Waals surface area contributed by atoms with E-state index in [0.29, 0.717) is 24.9 Å². The standard InChI is InChI=1S/C22H26BrFO3/c1-13(2)17-16-12-22(3,4)27-20(16)21(26-11-10-25-5)18(19(17)23)14-6-8-15(24)9-7-14/h6-9,13H,10-12H2,1-5H3. The molecule has 0 N–H and O–H groups in total. The van der Waals surface area contributed by atoms with Crippen molar-refractivity contribution in [3.05, 3.63) is 45.7 Å². The quantitative estimate of drug-likeness (QED) is 0.510. The van der Waals surface area contributed by atoms with Gasteiger partial charge in [0.2, 0.25) is 0 Å². The molecule has 2 aromatic rings. The van der Waals surface area contributed by atoms with Crippen LogP contribution in [0.15, 0.2) is 28.7 Å². The van der Waals surface area contributed by atoms with Gasteiger partial charge in [-0.1, -0.05) is 26.0 Å². The van der Waals surface area contributed by atoms with Crippen molar-refractivity contribution < 1.29 is 18.6 Å². The fourth-order valence-corrected chi connectivity index (χ4v) is 4.71. The van der Waals surface area contributed by atoms with Crippen LogP contribution in [0.3, 0.4) is 0 Å². The van der Waals surface area contributed by atoms with Crippen molar-refractivity contribution in [2.24, 2.45) is 0 Å². The van der Waals surface area contributed by atoms with Gasteiger partial charge in [0.05, 0.1) is 6.61 Å². The van der Waals surface area contributed by atoms with Crippen molar-refractivity contribution in [2.45, 2.75) is 45.6 Å². The number of ether oxygens (including phenoxy) is 3. The van der Waals surface area contributed by atoms with Gasteiger partial charge in [-0.3, -0.25) is 0 Å². The minimum Gasteiger partial charge on any atom is -0.487 e. The number of hydrogen-bond acceptors (Lipinski definition) is 3. The number of rotatable bonds is 6.